The molecule has 0 aliphatic carbocycles. The van der Waals surface area contributed by atoms with E-state index in [4.69, 9.17) is 0 Å². The lowest BCUT2D eigenvalue weighted by Gasteiger charge is -2.30. The Kier molecular flexibility index (Phi) is 15.9. The Morgan fingerprint density at radius 2 is 0.353 bits per heavy atom. The molecule has 0 bridgehead atoms. The van der Waals surface area contributed by atoms with Crippen molar-refractivity contribution in [2.75, 3.05) is 19.6 Å². The van der Waals surface area contributed by atoms with Gasteiger partial charge < -0.3 is 19.6 Å². The van der Waals surface area contributed by atoms with Crippen molar-refractivity contribution in [3.05, 3.63) is 423 Å². The highest BCUT2D eigenvalue weighted by molar-refractivity contribution is 7.10. The zero-order chi connectivity index (χ0) is 67.8. The number of hydrogen-bond acceptors (Lipinski definition) is 4. The molecule has 0 atom stereocenters. The highest BCUT2D eigenvalue weighted by atomic mass is 28.3. The van der Waals surface area contributed by atoms with E-state index in [1.807, 2.05) is 0 Å². The number of anilines is 12. The van der Waals surface area contributed by atoms with Crippen molar-refractivity contribution in [3.8, 4) is 11.1 Å². The van der Waals surface area contributed by atoms with Crippen LogP contribution in [0.4, 0.5) is 68.2 Å². The summed E-state index contributed by atoms with van der Waals surface area (Å²) in [5, 5.41) is 15.0. The Labute approximate surface area is 598 Å². The maximum absolute atomic E-state index is 2.45. The van der Waals surface area contributed by atoms with Crippen molar-refractivity contribution < 1.29 is 0 Å². The predicted octanol–water partition coefficient (Wildman–Crippen LogP) is 23.4. The van der Waals surface area contributed by atoms with E-state index in [9.17, 15) is 0 Å². The van der Waals surface area contributed by atoms with E-state index in [1.54, 1.807) is 0 Å². The molecule has 16 aromatic rings. The van der Waals surface area contributed by atoms with Gasteiger partial charge in [-0.15, -0.1) is 0 Å². The highest BCUT2D eigenvalue weighted by Gasteiger charge is 2.36. The van der Waals surface area contributed by atoms with Gasteiger partial charge in [-0.2, -0.15) is 0 Å². The minimum atomic E-state index is -2.24. The Balaban J connectivity index is 0.685. The van der Waals surface area contributed by atoms with Crippen LogP contribution in [0.1, 0.15) is 0 Å². The minimum absolute atomic E-state index is 1.06. The summed E-state index contributed by atoms with van der Waals surface area (Å²) in [7, 11) is -4.47. The largest absolute Gasteiger partial charge is 0.310 e. The summed E-state index contributed by atoms with van der Waals surface area (Å²) in [5.74, 6) is 0. The van der Waals surface area contributed by atoms with E-state index >= 15 is 0 Å². The van der Waals surface area contributed by atoms with Gasteiger partial charge in [-0.3, -0.25) is 0 Å². The first-order chi connectivity index (χ1) is 50.5. The van der Waals surface area contributed by atoms with E-state index in [0.29, 0.717) is 0 Å². The molecule has 0 spiro atoms. The molecule has 0 unspecified atom stereocenters. The van der Waals surface area contributed by atoms with Gasteiger partial charge >= 0.3 is 0 Å². The Hall–Kier alpha value is -12.8. The molecule has 0 saturated heterocycles. The van der Waals surface area contributed by atoms with Crippen LogP contribution in [0.5, 0.6) is 0 Å². The first-order valence-corrected chi connectivity index (χ1v) is 39.4. The minimum Gasteiger partial charge on any atom is -0.310 e. The lowest BCUT2D eigenvalue weighted by molar-refractivity contribution is 1.27. The van der Waals surface area contributed by atoms with Crippen molar-refractivity contribution in [2.45, 2.75) is 0 Å². The Morgan fingerprint density at radius 1 is 0.157 bits per heavy atom. The van der Waals surface area contributed by atoms with Crippen LogP contribution in [0.3, 0.4) is 0 Å². The molecule has 2 aliphatic heterocycles. The average molecular weight is 1340 g/mol. The van der Waals surface area contributed by atoms with Gasteiger partial charge in [0.25, 0.3) is 0 Å². The summed E-state index contributed by atoms with van der Waals surface area (Å²) in [5.41, 5.74) is 25.1. The zero-order valence-corrected chi connectivity index (χ0v) is 58.2. The third kappa shape index (κ3) is 11.1. The van der Waals surface area contributed by atoms with Crippen LogP contribution in [0.25, 0.3) is 54.2 Å². The van der Waals surface area contributed by atoms with Gasteiger partial charge in [0.05, 0.1) is 22.7 Å². The molecular weight excluding hydrogens is 1270 g/mol. The third-order valence-electron chi connectivity index (χ3n) is 20.7. The van der Waals surface area contributed by atoms with Crippen LogP contribution in [0.15, 0.2) is 423 Å². The number of nitrogens with zero attached hydrogens (tertiary/aromatic N) is 4. The highest BCUT2D eigenvalue weighted by Crippen LogP contribution is 2.46. The normalized spacial score (nSPS) is 13.3. The molecule has 482 valence electrons. The molecule has 4 nitrogen and oxygen atoms in total. The maximum atomic E-state index is 2.45. The fourth-order valence-electron chi connectivity index (χ4n) is 15.7. The molecule has 0 saturated carbocycles. The van der Waals surface area contributed by atoms with Gasteiger partial charge in [-0.25, -0.2) is 0 Å². The maximum Gasteiger partial charge on any atom is 0.165 e. The summed E-state index contributed by atoms with van der Waals surface area (Å²) in [6.45, 7) is 0. The SMILES string of the molecule is C1=C[Si](c2ccccc2)(c2ccc(N(c3ccc(N(c4ccc(-c5ccc(N(c6ccc(N(c7ccc([Si]8(c9ccccc9)C=CC=C8)cc7)c7cccc8ccccc78)cc6)c6cccc7ccccc67)cc5)cc4)c4cccc5ccccc45)cc3)c3cccc4ccccc34)cc2)C=C1. The number of fused-ring (bicyclic) bond motifs is 4. The van der Waals surface area contributed by atoms with Gasteiger partial charge in [0.15, 0.2) is 16.1 Å². The lowest BCUT2D eigenvalue weighted by atomic mass is 10.0. The van der Waals surface area contributed by atoms with E-state index in [-0.39, 0.29) is 0 Å². The molecule has 6 heteroatoms. The van der Waals surface area contributed by atoms with E-state index < -0.39 is 16.1 Å². The number of hydrogen-bond donors (Lipinski definition) is 0. The topological polar surface area (TPSA) is 13.0 Å². The summed E-state index contributed by atoms with van der Waals surface area (Å²) >= 11 is 0. The molecule has 0 N–H and O–H groups in total. The van der Waals surface area contributed by atoms with Crippen molar-refractivity contribution in [3.63, 3.8) is 0 Å². The fourth-order valence-corrected chi connectivity index (χ4v) is 22.7. The first-order valence-electron chi connectivity index (χ1n) is 35.1. The number of rotatable bonds is 17. The van der Waals surface area contributed by atoms with E-state index in [1.165, 1.54) is 63.8 Å². The molecule has 2 heterocycles. The second-order valence-corrected chi connectivity index (χ2v) is 33.6. The van der Waals surface area contributed by atoms with Gasteiger partial charge in [0, 0.05) is 67.0 Å². The van der Waals surface area contributed by atoms with Gasteiger partial charge in [0.1, 0.15) is 0 Å². The van der Waals surface area contributed by atoms with Crippen molar-refractivity contribution >= 4 is 148 Å². The molecular formula is C96H70N4Si2. The summed E-state index contributed by atoms with van der Waals surface area (Å²) < 4.78 is 0. The summed E-state index contributed by atoms with van der Waals surface area (Å²) in [4.78, 5) is 9.66. The molecule has 102 heavy (non-hydrogen) atoms. The average Bonchev–Trinajstić information content (AvgIpc) is 1.28. The zero-order valence-electron chi connectivity index (χ0n) is 56.2. The Bertz CT molecular complexity index is 5460. The van der Waals surface area contributed by atoms with Crippen molar-refractivity contribution in [1.82, 2.24) is 0 Å². The van der Waals surface area contributed by atoms with Crippen LogP contribution in [-0.2, 0) is 0 Å². The van der Waals surface area contributed by atoms with Gasteiger partial charge in [-0.1, -0.05) is 302 Å². The molecule has 16 aromatic carbocycles. The van der Waals surface area contributed by atoms with Crippen LogP contribution in [0.2, 0.25) is 0 Å². The number of benzene rings is 16. The molecule has 0 fully saturated rings. The quantitative estimate of drug-likeness (QED) is 0.0843. The monoisotopic (exact) mass is 1330 g/mol. The van der Waals surface area contributed by atoms with Gasteiger partial charge in [-0.05, 0) is 175 Å². The molecule has 0 aromatic heterocycles. The first kappa shape index (κ1) is 61.5. The standard InChI is InChI=1S/C96H70N4Si2/c1-3-31-85(32-4-1)101(67-15-16-68-101)87-63-59-83(60-64-87)99(95-41-21-29-75-25-9-13-37-91(75)95)81-55-51-79(52-56-81)97(93-39-19-27-73-23-7-11-35-89(73)93)77-47-43-71(44-48-77)72-45-49-78(50-46-72)98(94-40-20-28-74-24-8-12-36-90(74)94)80-53-57-82(58-54-80)100(96-42-22-30-76-26-10-14-38-92(76)96)84-61-65-88(66-62-84)102(69-17-18-70-102)86-33-5-2-6-34-86/h1-70H. The molecule has 0 amide bonds. The van der Waals surface area contributed by atoms with Crippen molar-refractivity contribution in [2.24, 2.45) is 0 Å². The number of allylic oxidation sites excluding steroid dienone is 4. The summed E-state index contributed by atoms with van der Waals surface area (Å²) in [6.07, 6.45) is 8.90. The second-order valence-electron chi connectivity index (χ2n) is 26.5. The van der Waals surface area contributed by atoms with E-state index in [2.05, 4.69) is 443 Å². The van der Waals surface area contributed by atoms with Gasteiger partial charge in [0.2, 0.25) is 0 Å². The predicted molar refractivity (Wildman–Crippen MR) is 440 cm³/mol. The van der Waals surface area contributed by atoms with Crippen molar-refractivity contribution in [1.29, 1.82) is 0 Å². The van der Waals surface area contributed by atoms with Crippen LogP contribution in [-0.4, -0.2) is 16.1 Å². The lowest BCUT2D eigenvalue weighted by Crippen LogP contribution is -2.54. The Morgan fingerprint density at radius 3 is 0.608 bits per heavy atom. The van der Waals surface area contributed by atoms with Crippen LogP contribution < -0.4 is 40.3 Å². The molecule has 2 aliphatic rings. The van der Waals surface area contributed by atoms with Crippen LogP contribution >= 0.6 is 0 Å². The van der Waals surface area contributed by atoms with E-state index in [0.717, 1.165) is 79.4 Å². The second kappa shape index (κ2) is 26.4. The molecule has 18 rings (SSSR count). The molecule has 0 radical (unpaired) electrons. The van der Waals surface area contributed by atoms with Crippen LogP contribution in [0, 0.1) is 0 Å². The third-order valence-corrected chi connectivity index (χ3v) is 28.7. The fraction of sp³-hybridized carbons (Fsp3) is 0. The smallest absolute Gasteiger partial charge is 0.165 e. The summed E-state index contributed by atoms with van der Waals surface area (Å²) in [6, 6.07) is 139.